The second-order valence-corrected chi connectivity index (χ2v) is 9.48. The van der Waals surface area contributed by atoms with Gasteiger partial charge < -0.3 is 31.3 Å². The molecule has 0 spiro atoms. The Balaban J connectivity index is 0.00000324. The quantitative estimate of drug-likeness (QED) is 0.309. The zero-order chi connectivity index (χ0) is 24.8. The number of carbonyl (C=O) groups excluding carboxylic acids is 3. The minimum Gasteiger partial charge on any atom is -0.508 e. The number of hydrogen-bond acceptors (Lipinski definition) is 9. The molecule has 0 bridgehead atoms. The van der Waals surface area contributed by atoms with E-state index >= 15 is 0 Å². The average Bonchev–Trinajstić information content (AvgIpc) is 2.69. The van der Waals surface area contributed by atoms with Crippen LogP contribution in [0, 0.1) is 11.8 Å². The lowest BCUT2D eigenvalue weighted by Crippen LogP contribution is -2.67. The third kappa shape index (κ3) is 3.03. The fourth-order valence-electron chi connectivity index (χ4n) is 5.58. The van der Waals surface area contributed by atoms with Crippen LogP contribution in [0.15, 0.2) is 29.0 Å². The van der Waals surface area contributed by atoms with Gasteiger partial charge >= 0.3 is 0 Å². The summed E-state index contributed by atoms with van der Waals surface area (Å²) < 4.78 is 0. The molecule has 1 amide bonds. The first-order valence-corrected chi connectivity index (χ1v) is 10.5. The Morgan fingerprint density at radius 2 is 1.76 bits per heavy atom. The molecule has 0 heterocycles. The van der Waals surface area contributed by atoms with Gasteiger partial charge in [0.2, 0.25) is 5.78 Å². The molecule has 4 rings (SSSR count). The molecule has 5 atom stereocenters. The van der Waals surface area contributed by atoms with Gasteiger partial charge in [0, 0.05) is 28.0 Å². The highest BCUT2D eigenvalue weighted by molar-refractivity contribution is 6.32. The standard InChI is InChI=1S/C22H23ClN2O8.ClH/c1-21(32)7-6-8-15(25(2)3)17(28)13(20(24)31)19(30)22(8,33)18(29)11(7)16(27)12-10(26)5-4-9(23)14(12)21;/h4-5,7-8,15,26-27,30,32-33H,6H2,1-3H3,(H2,24,31);1H/t7?,8?,15?,21?,22-;/m0./s1. The normalized spacial score (nSPS) is 32.7. The number of ketones is 2. The van der Waals surface area contributed by atoms with Gasteiger partial charge in [-0.1, -0.05) is 11.6 Å². The number of nitrogens with two attached hydrogens (primary N) is 1. The molecule has 0 aromatic heterocycles. The van der Waals surface area contributed by atoms with Crippen molar-refractivity contribution in [1.29, 1.82) is 0 Å². The van der Waals surface area contributed by atoms with E-state index in [1.165, 1.54) is 38.1 Å². The molecule has 184 valence electrons. The minimum absolute atomic E-state index is 0. The number of phenols is 1. The van der Waals surface area contributed by atoms with Gasteiger partial charge in [-0.2, -0.15) is 0 Å². The molecule has 4 unspecified atom stereocenters. The number of amides is 1. The second-order valence-electron chi connectivity index (χ2n) is 9.08. The van der Waals surface area contributed by atoms with Crippen LogP contribution in [-0.2, 0) is 20.0 Å². The number of hydrogen-bond donors (Lipinski definition) is 6. The number of carbonyl (C=O) groups is 3. The van der Waals surface area contributed by atoms with Crippen molar-refractivity contribution in [1.82, 2.24) is 4.90 Å². The van der Waals surface area contributed by atoms with E-state index in [1.54, 1.807) is 0 Å². The zero-order valence-corrected chi connectivity index (χ0v) is 19.9. The molecule has 0 saturated heterocycles. The molecule has 1 fully saturated rings. The summed E-state index contributed by atoms with van der Waals surface area (Å²) in [6.45, 7) is 1.34. The Kier molecular flexibility index (Phi) is 6.08. The highest BCUT2D eigenvalue weighted by Crippen LogP contribution is 2.58. The number of aromatic hydroxyl groups is 1. The summed E-state index contributed by atoms with van der Waals surface area (Å²) in [5, 5.41) is 55.2. The van der Waals surface area contributed by atoms with Crippen molar-refractivity contribution in [2.75, 3.05) is 14.1 Å². The van der Waals surface area contributed by atoms with E-state index in [4.69, 9.17) is 17.3 Å². The van der Waals surface area contributed by atoms with Crippen LogP contribution in [0.1, 0.15) is 24.5 Å². The van der Waals surface area contributed by atoms with Gasteiger partial charge in [0.25, 0.3) is 5.91 Å². The van der Waals surface area contributed by atoms with E-state index in [2.05, 4.69) is 0 Å². The summed E-state index contributed by atoms with van der Waals surface area (Å²) in [7, 11) is 2.97. The highest BCUT2D eigenvalue weighted by Gasteiger charge is 2.66. The molecule has 1 saturated carbocycles. The molecule has 3 aliphatic rings. The molecule has 34 heavy (non-hydrogen) atoms. The number of halogens is 2. The fraction of sp³-hybridized carbons (Fsp3) is 0.409. The van der Waals surface area contributed by atoms with Crippen molar-refractivity contribution in [3.63, 3.8) is 0 Å². The van der Waals surface area contributed by atoms with Crippen LogP contribution in [0.4, 0.5) is 0 Å². The van der Waals surface area contributed by atoms with E-state index in [0.29, 0.717) is 0 Å². The molecule has 10 nitrogen and oxygen atoms in total. The van der Waals surface area contributed by atoms with Crippen molar-refractivity contribution < 1.29 is 39.9 Å². The molecule has 1 aromatic carbocycles. The number of nitrogens with zero attached hydrogens (tertiary/aromatic N) is 1. The number of Topliss-reactive ketones (excluding diaryl/α,β-unsaturated/α-hetero) is 2. The summed E-state index contributed by atoms with van der Waals surface area (Å²) in [6, 6.07) is 1.24. The topological polar surface area (TPSA) is 182 Å². The van der Waals surface area contributed by atoms with Crippen LogP contribution < -0.4 is 5.73 Å². The van der Waals surface area contributed by atoms with Crippen molar-refractivity contribution in [3.05, 3.63) is 45.2 Å². The van der Waals surface area contributed by atoms with Gasteiger partial charge in [-0.25, -0.2) is 0 Å². The Bertz CT molecular complexity index is 1210. The number of aliphatic hydroxyl groups is 4. The van der Waals surface area contributed by atoms with Gasteiger partial charge in [0.05, 0.1) is 17.2 Å². The molecule has 1 aromatic rings. The Hall–Kier alpha value is -2.63. The lowest BCUT2D eigenvalue weighted by atomic mass is 9.54. The summed E-state index contributed by atoms with van der Waals surface area (Å²) in [4.78, 5) is 40.1. The highest BCUT2D eigenvalue weighted by atomic mass is 35.5. The first kappa shape index (κ1) is 26.0. The van der Waals surface area contributed by atoms with E-state index in [9.17, 15) is 39.9 Å². The van der Waals surface area contributed by atoms with Crippen LogP contribution in [0.25, 0.3) is 5.76 Å². The van der Waals surface area contributed by atoms with Crippen molar-refractivity contribution >= 4 is 47.2 Å². The summed E-state index contributed by atoms with van der Waals surface area (Å²) in [5.74, 6) is -8.30. The smallest absolute Gasteiger partial charge is 0.255 e. The van der Waals surface area contributed by atoms with E-state index < -0.39 is 75.0 Å². The molecule has 0 radical (unpaired) electrons. The third-order valence-electron chi connectivity index (χ3n) is 7.07. The number of fused-ring (bicyclic) bond motifs is 3. The first-order valence-electron chi connectivity index (χ1n) is 10.1. The Morgan fingerprint density at radius 3 is 2.29 bits per heavy atom. The van der Waals surface area contributed by atoms with Gasteiger partial charge in [-0.05, 0) is 39.6 Å². The van der Waals surface area contributed by atoms with Gasteiger partial charge in [0.15, 0.2) is 11.4 Å². The molecule has 0 aliphatic heterocycles. The van der Waals surface area contributed by atoms with Gasteiger partial charge in [-0.15, -0.1) is 12.4 Å². The molecule has 7 N–H and O–H groups in total. The molecule has 12 heteroatoms. The predicted octanol–water partition coefficient (Wildman–Crippen LogP) is 0.704. The maximum Gasteiger partial charge on any atom is 0.255 e. The summed E-state index contributed by atoms with van der Waals surface area (Å²) in [6.07, 6.45) is -0.259. The van der Waals surface area contributed by atoms with E-state index in [-0.39, 0.29) is 35.0 Å². The van der Waals surface area contributed by atoms with Crippen LogP contribution >= 0.6 is 24.0 Å². The fourth-order valence-corrected chi connectivity index (χ4v) is 5.93. The lowest BCUT2D eigenvalue weighted by molar-refractivity contribution is -0.159. The van der Waals surface area contributed by atoms with Crippen molar-refractivity contribution in [2.24, 2.45) is 17.6 Å². The van der Waals surface area contributed by atoms with E-state index in [1.807, 2.05) is 0 Å². The van der Waals surface area contributed by atoms with Crippen molar-refractivity contribution in [3.8, 4) is 5.75 Å². The van der Waals surface area contributed by atoms with E-state index in [0.717, 1.165) is 0 Å². The molecular weight excluding hydrogens is 491 g/mol. The van der Waals surface area contributed by atoms with Crippen LogP contribution in [-0.4, -0.2) is 73.6 Å². The maximum absolute atomic E-state index is 13.7. The monoisotopic (exact) mass is 514 g/mol. The number of benzene rings is 1. The summed E-state index contributed by atoms with van der Waals surface area (Å²) >= 11 is 6.28. The number of likely N-dealkylation sites (N-methyl/N-ethyl adjacent to an activating group) is 1. The third-order valence-corrected chi connectivity index (χ3v) is 7.39. The first-order chi connectivity index (χ1) is 15.2. The average molecular weight is 515 g/mol. The predicted molar refractivity (Wildman–Crippen MR) is 122 cm³/mol. The SMILES string of the molecule is CN(C)C1C(=O)C(C(N)=O)=C(O)[C@@]2(O)C(=O)C3=C(O)c4c(O)ccc(Cl)c4C(C)(O)C3CC12.Cl. The van der Waals surface area contributed by atoms with Gasteiger partial charge in [0.1, 0.15) is 22.8 Å². The van der Waals surface area contributed by atoms with Crippen LogP contribution in [0.5, 0.6) is 5.75 Å². The number of aliphatic hydroxyl groups excluding tert-OH is 2. The molecular formula is C22H24Cl2N2O8. The number of primary amides is 1. The number of rotatable bonds is 2. The number of phenolic OH excluding ortho intramolecular Hbond substituents is 1. The Labute approximate surface area is 205 Å². The Morgan fingerprint density at radius 1 is 1.18 bits per heavy atom. The largest absolute Gasteiger partial charge is 0.508 e. The summed E-state index contributed by atoms with van der Waals surface area (Å²) in [5.41, 5.74) is -1.10. The van der Waals surface area contributed by atoms with Crippen molar-refractivity contribution in [2.45, 2.75) is 30.6 Å². The van der Waals surface area contributed by atoms with Gasteiger partial charge in [-0.3, -0.25) is 19.3 Å². The van der Waals surface area contributed by atoms with Crippen LogP contribution in [0.3, 0.4) is 0 Å². The minimum atomic E-state index is -2.78. The zero-order valence-electron chi connectivity index (χ0n) is 18.4. The molecule has 3 aliphatic carbocycles. The maximum atomic E-state index is 13.7. The second kappa shape index (κ2) is 7.96. The van der Waals surface area contributed by atoms with Crippen LogP contribution in [0.2, 0.25) is 5.02 Å². The lowest BCUT2D eigenvalue weighted by Gasteiger charge is -2.53.